The Bertz CT molecular complexity index is 2740. The van der Waals surface area contributed by atoms with E-state index in [1.807, 2.05) is 0 Å². The van der Waals surface area contributed by atoms with E-state index in [2.05, 4.69) is 37.2 Å². The van der Waals surface area contributed by atoms with Gasteiger partial charge in [0.1, 0.15) is 34.2 Å². The van der Waals surface area contributed by atoms with Gasteiger partial charge in [0.15, 0.2) is 0 Å². The maximum absolute atomic E-state index is 13.3. The lowest BCUT2D eigenvalue weighted by atomic mass is 10.2. The third-order valence-corrected chi connectivity index (χ3v) is 10.2. The quantitative estimate of drug-likeness (QED) is 0.0594. The van der Waals surface area contributed by atoms with E-state index < -0.39 is 23.6 Å². The fraction of sp³-hybridized carbons (Fsp3) is 0.279. The molecule has 21 nitrogen and oxygen atoms in total. The van der Waals surface area contributed by atoms with Crippen LogP contribution in [0.3, 0.4) is 0 Å². The first-order chi connectivity index (χ1) is 30.5. The van der Waals surface area contributed by atoms with Crippen molar-refractivity contribution in [2.75, 3.05) is 46.2 Å². The number of carbonyl (C=O) groups excluding carboxylic acids is 7. The molecular weight excluding hydrogens is 825 g/mol. The molecule has 0 saturated heterocycles. The van der Waals surface area contributed by atoms with Crippen molar-refractivity contribution >= 4 is 69.8 Å². The maximum Gasteiger partial charge on any atom is 0.272 e. The molecule has 0 aromatic carbocycles. The number of hydrogen-bond donors (Lipinski definition) is 8. The number of aromatic nitrogens is 6. The first-order valence-electron chi connectivity index (χ1n) is 20.3. The SMILES string of the molecule is Cn1cc(NC(=O)c2cc(NC(=O)c3cc(NC(=O)CCCNC(=O)c4cc(NC(=O)c5cc(NC(=O)c6cccn6C)cn5C)cn4C)cn3C)cn2C)cc1C(=O)NCCCN. The van der Waals surface area contributed by atoms with E-state index in [0.29, 0.717) is 65.8 Å². The minimum Gasteiger partial charge on any atom is -0.351 e. The molecule has 6 rings (SSSR count). The van der Waals surface area contributed by atoms with Crippen molar-refractivity contribution < 1.29 is 33.6 Å². The molecule has 0 atom stereocenters. The molecule has 6 aromatic rings. The predicted octanol–water partition coefficient (Wildman–Crippen LogP) is 2.95. The Hall–Kier alpha value is -8.07. The van der Waals surface area contributed by atoms with Gasteiger partial charge in [0.2, 0.25) is 5.91 Å². The van der Waals surface area contributed by atoms with E-state index in [9.17, 15) is 33.6 Å². The van der Waals surface area contributed by atoms with Crippen molar-refractivity contribution in [3.63, 3.8) is 0 Å². The number of rotatable bonds is 18. The molecule has 0 fully saturated rings. The van der Waals surface area contributed by atoms with Crippen LogP contribution in [0.5, 0.6) is 0 Å². The second-order valence-electron chi connectivity index (χ2n) is 15.3. The molecule has 64 heavy (non-hydrogen) atoms. The fourth-order valence-electron chi connectivity index (χ4n) is 6.93. The second kappa shape index (κ2) is 19.8. The highest BCUT2D eigenvalue weighted by molar-refractivity contribution is 6.09. The van der Waals surface area contributed by atoms with Gasteiger partial charge < -0.3 is 70.4 Å². The average molecular weight is 877 g/mol. The first-order valence-corrected chi connectivity index (χ1v) is 20.3. The fourth-order valence-corrected chi connectivity index (χ4v) is 6.93. The van der Waals surface area contributed by atoms with Crippen LogP contribution in [0.25, 0.3) is 0 Å². The highest BCUT2D eigenvalue weighted by Crippen LogP contribution is 2.21. The van der Waals surface area contributed by atoms with Crippen molar-refractivity contribution in [1.29, 1.82) is 0 Å². The summed E-state index contributed by atoms with van der Waals surface area (Å²) in [6.07, 6.45) is 10.8. The summed E-state index contributed by atoms with van der Waals surface area (Å²) in [6, 6.07) is 11.2. The average Bonchev–Trinajstić information content (AvgIpc) is 4.10. The Morgan fingerprint density at radius 1 is 0.438 bits per heavy atom. The zero-order valence-corrected chi connectivity index (χ0v) is 36.4. The number of hydrogen-bond acceptors (Lipinski definition) is 8. The zero-order valence-electron chi connectivity index (χ0n) is 36.4. The summed E-state index contributed by atoms with van der Waals surface area (Å²) in [5.41, 5.74) is 9.43. The summed E-state index contributed by atoms with van der Waals surface area (Å²) in [7, 11) is 10.1. The Balaban J connectivity index is 0.939. The Morgan fingerprint density at radius 2 is 0.766 bits per heavy atom. The van der Waals surface area contributed by atoms with E-state index in [0.717, 1.165) is 0 Å². The number of anilines is 5. The molecule has 0 aliphatic heterocycles. The van der Waals surface area contributed by atoms with Gasteiger partial charge in [-0.1, -0.05) is 0 Å². The minimum atomic E-state index is -0.474. The van der Waals surface area contributed by atoms with E-state index in [-0.39, 0.29) is 53.5 Å². The van der Waals surface area contributed by atoms with Gasteiger partial charge in [-0.3, -0.25) is 33.6 Å². The van der Waals surface area contributed by atoms with E-state index in [4.69, 9.17) is 5.73 Å². The standard InChI is InChI=1S/C43H52N14O7/c1-52-15-8-10-31(52)40(61)48-29-19-35(56(5)24-29)42(63)49-27-17-32(53(2)22-27)38(59)45-13-7-11-37(58)47-26-16-34(55(4)21-26)41(62)51-30-20-36(57(6)25-30)43(64)50-28-18-33(54(3)23-28)39(60)46-14-9-12-44/h8,10,15-25H,7,9,11-14,44H2,1-6H3,(H,45,59)(H,46,60)(H,47,58)(H,48,61)(H,49,63)(H,50,64)(H,51,62). The summed E-state index contributed by atoms with van der Waals surface area (Å²) in [4.78, 5) is 90.5. The van der Waals surface area contributed by atoms with E-state index in [1.54, 1.807) is 131 Å². The van der Waals surface area contributed by atoms with Crippen LogP contribution in [0.1, 0.15) is 82.2 Å². The van der Waals surface area contributed by atoms with Crippen molar-refractivity contribution in [1.82, 2.24) is 38.0 Å². The molecule has 9 N–H and O–H groups in total. The molecule has 0 unspecified atom stereocenters. The van der Waals surface area contributed by atoms with Gasteiger partial charge in [-0.2, -0.15) is 0 Å². The van der Waals surface area contributed by atoms with Crippen LogP contribution in [0.15, 0.2) is 79.6 Å². The van der Waals surface area contributed by atoms with Crippen LogP contribution >= 0.6 is 0 Å². The molecule has 0 spiro atoms. The molecule has 0 saturated carbocycles. The number of aryl methyl sites for hydroxylation is 6. The van der Waals surface area contributed by atoms with Crippen molar-refractivity contribution in [3.8, 4) is 0 Å². The number of nitrogens with two attached hydrogens (primary N) is 1. The van der Waals surface area contributed by atoms with E-state index >= 15 is 0 Å². The van der Waals surface area contributed by atoms with Crippen molar-refractivity contribution in [2.24, 2.45) is 48.0 Å². The number of nitrogens with one attached hydrogen (secondary N) is 7. The molecular formula is C43H52N14O7. The van der Waals surface area contributed by atoms with Gasteiger partial charge in [-0.15, -0.1) is 0 Å². The number of carbonyl (C=O) groups is 7. The second-order valence-corrected chi connectivity index (χ2v) is 15.3. The smallest absolute Gasteiger partial charge is 0.272 e. The Morgan fingerprint density at radius 3 is 1.11 bits per heavy atom. The van der Waals surface area contributed by atoms with Crippen LogP contribution in [0.2, 0.25) is 0 Å². The summed E-state index contributed by atoms with van der Waals surface area (Å²) < 4.78 is 9.57. The van der Waals surface area contributed by atoms with Gasteiger partial charge in [0.05, 0.1) is 28.4 Å². The monoisotopic (exact) mass is 876 g/mol. The summed E-state index contributed by atoms with van der Waals surface area (Å²) >= 11 is 0. The normalized spacial score (nSPS) is 10.9. The van der Waals surface area contributed by atoms with Crippen LogP contribution in [-0.2, 0) is 47.1 Å². The molecule has 21 heteroatoms. The lowest BCUT2D eigenvalue weighted by molar-refractivity contribution is -0.116. The molecule has 6 heterocycles. The molecule has 0 aliphatic rings. The maximum atomic E-state index is 13.3. The zero-order chi connectivity index (χ0) is 46.2. The third kappa shape index (κ3) is 10.9. The van der Waals surface area contributed by atoms with Crippen LogP contribution < -0.4 is 43.0 Å². The van der Waals surface area contributed by atoms with E-state index in [1.165, 1.54) is 18.2 Å². The summed E-state index contributed by atoms with van der Waals surface area (Å²) in [6.45, 7) is 1.08. The van der Waals surface area contributed by atoms with Gasteiger partial charge in [0.25, 0.3) is 35.4 Å². The predicted molar refractivity (Wildman–Crippen MR) is 240 cm³/mol. The first kappa shape index (κ1) is 45.5. The third-order valence-electron chi connectivity index (χ3n) is 10.2. The van der Waals surface area contributed by atoms with Gasteiger partial charge in [-0.05, 0) is 61.9 Å². The summed E-state index contributed by atoms with van der Waals surface area (Å²) in [5, 5.41) is 19.5. The molecule has 0 bridgehead atoms. The summed E-state index contributed by atoms with van der Waals surface area (Å²) in [5.74, 6) is -2.69. The number of nitrogens with zero attached hydrogens (tertiary/aromatic N) is 6. The lowest BCUT2D eigenvalue weighted by Gasteiger charge is -2.06. The van der Waals surface area contributed by atoms with Crippen LogP contribution in [-0.4, -0.2) is 88.4 Å². The van der Waals surface area contributed by atoms with Gasteiger partial charge >= 0.3 is 0 Å². The minimum absolute atomic E-state index is 0.0799. The van der Waals surface area contributed by atoms with Crippen LogP contribution in [0, 0.1) is 0 Å². The Kier molecular flexibility index (Phi) is 14.0. The van der Waals surface area contributed by atoms with Crippen LogP contribution in [0.4, 0.5) is 28.4 Å². The number of amides is 7. The van der Waals surface area contributed by atoms with Crippen molar-refractivity contribution in [2.45, 2.75) is 19.3 Å². The van der Waals surface area contributed by atoms with Crippen molar-refractivity contribution in [3.05, 3.63) is 114 Å². The Labute approximate surface area is 367 Å². The topological polar surface area (TPSA) is 259 Å². The lowest BCUT2D eigenvalue weighted by Crippen LogP contribution is -2.27. The molecule has 336 valence electrons. The molecule has 0 aliphatic carbocycles. The largest absolute Gasteiger partial charge is 0.351 e. The van der Waals surface area contributed by atoms with Gasteiger partial charge in [-0.25, -0.2) is 0 Å². The highest BCUT2D eigenvalue weighted by atomic mass is 16.2. The van der Waals surface area contributed by atoms with Gasteiger partial charge in [0, 0.05) is 99.0 Å². The molecule has 6 aromatic heterocycles. The molecule has 7 amide bonds. The molecule has 0 radical (unpaired) electrons. The highest BCUT2D eigenvalue weighted by Gasteiger charge is 2.21.